The van der Waals surface area contributed by atoms with Crippen LogP contribution >= 0.6 is 11.8 Å². The van der Waals surface area contributed by atoms with Gasteiger partial charge in [-0.15, -0.1) is 5.10 Å². The molecule has 1 aromatic heterocycles. The van der Waals surface area contributed by atoms with E-state index in [0.29, 0.717) is 17.0 Å². The van der Waals surface area contributed by atoms with Gasteiger partial charge in [0.2, 0.25) is 11.1 Å². The zero-order chi connectivity index (χ0) is 17.1. The van der Waals surface area contributed by atoms with Gasteiger partial charge < -0.3 is 4.90 Å². The number of amides is 1. The third-order valence-electron chi connectivity index (χ3n) is 4.54. The maximum absolute atomic E-state index is 12.5. The molecule has 2 heterocycles. The van der Waals surface area contributed by atoms with Crippen LogP contribution in [0.4, 0.5) is 0 Å². The Balaban J connectivity index is 1.73. The van der Waals surface area contributed by atoms with Gasteiger partial charge in [0.15, 0.2) is 0 Å². The third-order valence-corrected chi connectivity index (χ3v) is 5.44. The van der Waals surface area contributed by atoms with Crippen molar-refractivity contribution in [1.29, 1.82) is 0 Å². The second-order valence-electron chi connectivity index (χ2n) is 6.33. The first-order valence-corrected chi connectivity index (χ1v) is 9.33. The summed E-state index contributed by atoms with van der Waals surface area (Å²) in [4.78, 5) is 14.5. The van der Waals surface area contributed by atoms with E-state index in [4.69, 9.17) is 0 Å². The van der Waals surface area contributed by atoms with E-state index in [1.807, 2.05) is 36.9 Å². The summed E-state index contributed by atoms with van der Waals surface area (Å²) in [5.41, 5.74) is 3.21. The van der Waals surface area contributed by atoms with Gasteiger partial charge in [0.05, 0.1) is 11.4 Å². The number of para-hydroxylation sites is 1. The van der Waals surface area contributed by atoms with Crippen LogP contribution in [0.1, 0.15) is 37.3 Å². The highest BCUT2D eigenvalue weighted by molar-refractivity contribution is 7.99. The van der Waals surface area contributed by atoms with E-state index in [-0.39, 0.29) is 5.91 Å². The van der Waals surface area contributed by atoms with Crippen molar-refractivity contribution >= 4 is 17.7 Å². The molecule has 3 rings (SSSR count). The molecule has 7 heteroatoms. The number of aromatic nitrogens is 4. The molecule has 0 radical (unpaired) electrons. The van der Waals surface area contributed by atoms with Crippen LogP contribution in [0.5, 0.6) is 0 Å². The van der Waals surface area contributed by atoms with Gasteiger partial charge in [-0.2, -0.15) is 4.68 Å². The molecule has 2 aromatic rings. The lowest BCUT2D eigenvalue weighted by atomic mass is 10.0. The van der Waals surface area contributed by atoms with Crippen molar-refractivity contribution in [2.45, 2.75) is 51.2 Å². The summed E-state index contributed by atoms with van der Waals surface area (Å²) in [5, 5.41) is 12.7. The Morgan fingerprint density at radius 3 is 2.75 bits per heavy atom. The van der Waals surface area contributed by atoms with Crippen LogP contribution in [0.3, 0.4) is 0 Å². The molecule has 0 spiro atoms. The van der Waals surface area contributed by atoms with Crippen molar-refractivity contribution in [1.82, 2.24) is 25.1 Å². The lowest BCUT2D eigenvalue weighted by Gasteiger charge is -2.33. The molecule has 1 aliphatic heterocycles. The Morgan fingerprint density at radius 2 is 2.04 bits per heavy atom. The smallest absolute Gasteiger partial charge is 0.233 e. The number of hydrogen-bond acceptors (Lipinski definition) is 5. The molecular formula is C17H23N5OS. The number of carbonyl (C=O) groups excluding carboxylic acids is 1. The van der Waals surface area contributed by atoms with Crippen LogP contribution in [0.15, 0.2) is 23.4 Å². The number of tetrazole rings is 1. The summed E-state index contributed by atoms with van der Waals surface area (Å²) in [6.07, 6.45) is 3.40. The molecule has 1 unspecified atom stereocenters. The van der Waals surface area contributed by atoms with E-state index < -0.39 is 0 Å². The van der Waals surface area contributed by atoms with Gasteiger partial charge in [-0.3, -0.25) is 4.79 Å². The zero-order valence-corrected chi connectivity index (χ0v) is 15.2. The fourth-order valence-electron chi connectivity index (χ4n) is 3.23. The minimum atomic E-state index is 0.170. The maximum Gasteiger partial charge on any atom is 0.233 e. The zero-order valence-electron chi connectivity index (χ0n) is 14.4. The van der Waals surface area contributed by atoms with Gasteiger partial charge in [0, 0.05) is 12.6 Å². The molecule has 1 aliphatic rings. The van der Waals surface area contributed by atoms with Crippen molar-refractivity contribution in [2.75, 3.05) is 12.3 Å². The molecule has 128 valence electrons. The summed E-state index contributed by atoms with van der Waals surface area (Å²) < 4.78 is 1.74. The first-order valence-electron chi connectivity index (χ1n) is 8.35. The average Bonchev–Trinajstić information content (AvgIpc) is 3.01. The van der Waals surface area contributed by atoms with E-state index >= 15 is 0 Å². The van der Waals surface area contributed by atoms with Gasteiger partial charge in [0.1, 0.15) is 0 Å². The van der Waals surface area contributed by atoms with Crippen molar-refractivity contribution in [3.63, 3.8) is 0 Å². The molecule has 6 nitrogen and oxygen atoms in total. The number of rotatable bonds is 4. The van der Waals surface area contributed by atoms with Crippen molar-refractivity contribution in [3.8, 4) is 5.69 Å². The number of benzene rings is 1. The number of thioether (sulfide) groups is 1. The lowest BCUT2D eigenvalue weighted by Crippen LogP contribution is -2.43. The normalized spacial score (nSPS) is 18.0. The van der Waals surface area contributed by atoms with Crippen LogP contribution in [-0.2, 0) is 4.79 Å². The van der Waals surface area contributed by atoms with Gasteiger partial charge in [-0.25, -0.2) is 0 Å². The first-order chi connectivity index (χ1) is 11.6. The Labute approximate surface area is 146 Å². The summed E-state index contributed by atoms with van der Waals surface area (Å²) in [5.74, 6) is 0.540. The Bertz CT molecular complexity index is 709. The Morgan fingerprint density at radius 1 is 1.29 bits per heavy atom. The van der Waals surface area contributed by atoms with Crippen LogP contribution in [-0.4, -0.2) is 49.4 Å². The molecule has 0 bridgehead atoms. The van der Waals surface area contributed by atoms with Crippen molar-refractivity contribution < 1.29 is 4.79 Å². The third kappa shape index (κ3) is 3.45. The monoisotopic (exact) mass is 345 g/mol. The summed E-state index contributed by atoms with van der Waals surface area (Å²) >= 11 is 1.41. The summed E-state index contributed by atoms with van der Waals surface area (Å²) in [7, 11) is 0. The van der Waals surface area contributed by atoms with E-state index in [2.05, 4.69) is 22.4 Å². The number of carbonyl (C=O) groups is 1. The van der Waals surface area contributed by atoms with Crippen molar-refractivity contribution in [3.05, 3.63) is 29.3 Å². The van der Waals surface area contributed by atoms with Crippen LogP contribution < -0.4 is 0 Å². The summed E-state index contributed by atoms with van der Waals surface area (Å²) in [6.45, 7) is 7.07. The van der Waals surface area contributed by atoms with Crippen molar-refractivity contribution in [2.24, 2.45) is 0 Å². The second-order valence-corrected chi connectivity index (χ2v) is 7.28. The first kappa shape index (κ1) is 17.0. The number of hydrogen-bond donors (Lipinski definition) is 0. The van der Waals surface area contributed by atoms with Gasteiger partial charge in [-0.05, 0) is 61.6 Å². The second kappa shape index (κ2) is 7.34. The van der Waals surface area contributed by atoms with Crippen LogP contribution in [0, 0.1) is 13.8 Å². The standard InChI is InChI=1S/C17H23N5OS/c1-12-7-6-8-13(2)16(12)22-17(18-19-20-22)24-11-15(23)21-10-5-4-9-14(21)3/h6-8,14H,4-5,9-11H2,1-3H3. The highest BCUT2D eigenvalue weighted by atomic mass is 32.2. The number of likely N-dealkylation sites (tertiary alicyclic amines) is 1. The fourth-order valence-corrected chi connectivity index (χ4v) is 3.99. The van der Waals surface area contributed by atoms with Gasteiger partial charge >= 0.3 is 0 Å². The van der Waals surface area contributed by atoms with E-state index in [9.17, 15) is 4.79 Å². The average molecular weight is 345 g/mol. The molecule has 24 heavy (non-hydrogen) atoms. The highest BCUT2D eigenvalue weighted by Crippen LogP contribution is 2.24. The van der Waals surface area contributed by atoms with Crippen LogP contribution in [0.2, 0.25) is 0 Å². The largest absolute Gasteiger partial charge is 0.339 e. The molecule has 1 fully saturated rings. The van der Waals surface area contributed by atoms with Crippen LogP contribution in [0.25, 0.3) is 5.69 Å². The van der Waals surface area contributed by atoms with Gasteiger partial charge in [-0.1, -0.05) is 30.0 Å². The number of piperidine rings is 1. The Kier molecular flexibility index (Phi) is 5.18. The SMILES string of the molecule is Cc1cccc(C)c1-n1nnnc1SCC(=O)N1CCCCC1C. The number of aryl methyl sites for hydroxylation is 2. The number of nitrogens with zero attached hydrogens (tertiary/aromatic N) is 5. The minimum Gasteiger partial charge on any atom is -0.339 e. The molecule has 0 aliphatic carbocycles. The predicted molar refractivity (Wildman–Crippen MR) is 94.4 cm³/mol. The molecule has 1 aromatic carbocycles. The predicted octanol–water partition coefficient (Wildman–Crippen LogP) is 2.77. The molecule has 1 atom stereocenters. The van der Waals surface area contributed by atoms with E-state index in [1.165, 1.54) is 18.2 Å². The summed E-state index contributed by atoms with van der Waals surface area (Å²) in [6, 6.07) is 6.44. The van der Waals surface area contributed by atoms with E-state index in [0.717, 1.165) is 36.2 Å². The molecule has 1 saturated heterocycles. The fraction of sp³-hybridized carbons (Fsp3) is 0.529. The quantitative estimate of drug-likeness (QED) is 0.797. The highest BCUT2D eigenvalue weighted by Gasteiger charge is 2.24. The molecule has 0 saturated carbocycles. The van der Waals surface area contributed by atoms with Gasteiger partial charge in [0.25, 0.3) is 0 Å². The molecule has 1 amide bonds. The minimum absolute atomic E-state index is 0.170. The lowest BCUT2D eigenvalue weighted by molar-refractivity contribution is -0.131. The topological polar surface area (TPSA) is 63.9 Å². The maximum atomic E-state index is 12.5. The molecular weight excluding hydrogens is 322 g/mol. The molecule has 0 N–H and O–H groups in total. The Hall–Kier alpha value is -1.89. The van der Waals surface area contributed by atoms with E-state index in [1.54, 1.807) is 4.68 Å².